The molecule has 118 valence electrons. The smallest absolute Gasteiger partial charge is 0.224 e. The Balaban J connectivity index is 2.13. The highest BCUT2D eigenvalue weighted by Gasteiger charge is 2.17. The number of nitrogens with two attached hydrogens (primary N) is 1. The van der Waals surface area contributed by atoms with Crippen LogP contribution < -0.4 is 5.73 Å². The van der Waals surface area contributed by atoms with Gasteiger partial charge in [-0.1, -0.05) is 29.8 Å². The zero-order valence-electron chi connectivity index (χ0n) is 13.5. The minimum absolute atomic E-state index is 0.128. The minimum atomic E-state index is 0.128. The van der Waals surface area contributed by atoms with Crippen molar-refractivity contribution in [1.29, 1.82) is 0 Å². The third-order valence-corrected chi connectivity index (χ3v) is 4.74. The lowest BCUT2D eigenvalue weighted by Gasteiger charge is -2.26. The van der Waals surface area contributed by atoms with Crippen LogP contribution in [0.15, 0.2) is 36.4 Å². The zero-order chi connectivity index (χ0) is 16.1. The maximum absolute atomic E-state index is 12.2. The van der Waals surface area contributed by atoms with Crippen LogP contribution in [0.1, 0.15) is 30.7 Å². The number of hydrogen-bond donors (Lipinski definition) is 1. The monoisotopic (exact) mass is 316 g/mol. The predicted molar refractivity (Wildman–Crippen MR) is 93.8 cm³/mol. The Morgan fingerprint density at radius 1 is 1.18 bits per heavy atom. The van der Waals surface area contributed by atoms with Crippen LogP contribution in [-0.2, 0) is 11.3 Å². The van der Waals surface area contributed by atoms with Crippen molar-refractivity contribution in [3.05, 3.63) is 46.8 Å². The van der Waals surface area contributed by atoms with E-state index in [1.54, 1.807) is 11.3 Å². The van der Waals surface area contributed by atoms with Crippen LogP contribution in [0, 0.1) is 6.92 Å². The molecule has 1 aromatic heterocycles. The summed E-state index contributed by atoms with van der Waals surface area (Å²) < 4.78 is 0. The average Bonchev–Trinajstić information content (AvgIpc) is 2.94. The molecular formula is C18H24N2OS. The van der Waals surface area contributed by atoms with E-state index in [0.717, 1.165) is 0 Å². The van der Waals surface area contributed by atoms with Crippen molar-refractivity contribution in [3.8, 4) is 10.4 Å². The van der Waals surface area contributed by atoms with Gasteiger partial charge in [-0.05, 0) is 38.5 Å². The first kappa shape index (κ1) is 16.7. The normalized spacial score (nSPS) is 11.0. The van der Waals surface area contributed by atoms with Crippen LogP contribution in [0.2, 0.25) is 0 Å². The second kappa shape index (κ2) is 7.56. The summed E-state index contributed by atoms with van der Waals surface area (Å²) in [6, 6.07) is 13.0. The van der Waals surface area contributed by atoms with Crippen molar-refractivity contribution in [2.45, 2.75) is 39.8 Å². The first-order valence-electron chi connectivity index (χ1n) is 7.66. The fraction of sp³-hybridized carbons (Fsp3) is 0.389. The molecule has 3 nitrogen and oxygen atoms in total. The summed E-state index contributed by atoms with van der Waals surface area (Å²) in [6.07, 6.45) is 0.411. The van der Waals surface area contributed by atoms with Gasteiger partial charge in [-0.25, -0.2) is 0 Å². The van der Waals surface area contributed by atoms with Gasteiger partial charge in [0.1, 0.15) is 0 Å². The van der Waals surface area contributed by atoms with Crippen LogP contribution in [0.5, 0.6) is 0 Å². The fourth-order valence-corrected chi connectivity index (χ4v) is 3.34. The second-order valence-corrected chi connectivity index (χ2v) is 6.95. The van der Waals surface area contributed by atoms with Gasteiger partial charge in [-0.3, -0.25) is 4.79 Å². The molecule has 1 heterocycles. The number of rotatable bonds is 6. The van der Waals surface area contributed by atoms with Crippen LogP contribution >= 0.6 is 11.3 Å². The van der Waals surface area contributed by atoms with Gasteiger partial charge in [0.25, 0.3) is 0 Å². The largest absolute Gasteiger partial charge is 0.335 e. The van der Waals surface area contributed by atoms with Gasteiger partial charge in [-0.2, -0.15) is 0 Å². The number of hydrogen-bond acceptors (Lipinski definition) is 3. The van der Waals surface area contributed by atoms with Crippen LogP contribution in [0.3, 0.4) is 0 Å². The summed E-state index contributed by atoms with van der Waals surface area (Å²) in [5.74, 6) is 0.128. The Morgan fingerprint density at radius 3 is 2.45 bits per heavy atom. The van der Waals surface area contributed by atoms with Crippen molar-refractivity contribution in [2.24, 2.45) is 5.73 Å². The van der Waals surface area contributed by atoms with Gasteiger partial charge in [0.15, 0.2) is 0 Å². The van der Waals surface area contributed by atoms with Crippen molar-refractivity contribution in [3.63, 3.8) is 0 Å². The molecule has 0 aliphatic carbocycles. The van der Waals surface area contributed by atoms with Gasteiger partial charge < -0.3 is 10.6 Å². The number of amides is 1. The van der Waals surface area contributed by atoms with Crippen molar-refractivity contribution in [2.75, 3.05) is 6.54 Å². The number of aryl methyl sites for hydroxylation is 1. The molecule has 2 rings (SSSR count). The third kappa shape index (κ3) is 4.18. The molecule has 2 N–H and O–H groups in total. The van der Waals surface area contributed by atoms with Crippen LogP contribution in [0.25, 0.3) is 10.4 Å². The maximum atomic E-state index is 12.2. The standard InChI is InChI=1S/C18H24N2OS/c1-13(2)20(18(21)10-11-19)12-16-8-9-17(22-16)15-6-4-14(3)5-7-15/h4-9,13H,10-12,19H2,1-3H3. The van der Waals surface area contributed by atoms with Crippen molar-refractivity contribution in [1.82, 2.24) is 4.90 Å². The Labute approximate surface area is 136 Å². The van der Waals surface area contributed by atoms with E-state index in [1.165, 1.54) is 20.9 Å². The molecule has 0 bridgehead atoms. The maximum Gasteiger partial charge on any atom is 0.224 e. The molecule has 1 aromatic carbocycles. The first-order valence-corrected chi connectivity index (χ1v) is 8.48. The number of carbonyl (C=O) groups excluding carboxylic acids is 1. The molecular weight excluding hydrogens is 292 g/mol. The molecule has 0 unspecified atom stereocenters. The van der Waals surface area contributed by atoms with E-state index >= 15 is 0 Å². The van der Waals surface area contributed by atoms with E-state index < -0.39 is 0 Å². The first-order chi connectivity index (χ1) is 10.5. The molecule has 0 saturated carbocycles. The third-order valence-electron chi connectivity index (χ3n) is 3.63. The van der Waals surface area contributed by atoms with Crippen molar-refractivity contribution >= 4 is 17.2 Å². The van der Waals surface area contributed by atoms with E-state index in [0.29, 0.717) is 19.5 Å². The molecule has 0 aliphatic heterocycles. The van der Waals surface area contributed by atoms with Gasteiger partial charge in [-0.15, -0.1) is 11.3 Å². The van der Waals surface area contributed by atoms with Crippen LogP contribution in [-0.4, -0.2) is 23.4 Å². The summed E-state index contributed by atoms with van der Waals surface area (Å²) in [5.41, 5.74) is 8.00. The predicted octanol–water partition coefficient (Wildman–Crippen LogP) is 3.81. The van der Waals surface area contributed by atoms with Gasteiger partial charge in [0, 0.05) is 28.8 Å². The van der Waals surface area contributed by atoms with Gasteiger partial charge in [0.2, 0.25) is 5.91 Å². The zero-order valence-corrected chi connectivity index (χ0v) is 14.3. The lowest BCUT2D eigenvalue weighted by Crippen LogP contribution is -2.37. The highest BCUT2D eigenvalue weighted by Crippen LogP contribution is 2.29. The van der Waals surface area contributed by atoms with E-state index in [-0.39, 0.29) is 11.9 Å². The summed E-state index contributed by atoms with van der Waals surface area (Å²) in [6.45, 7) is 7.24. The Bertz CT molecular complexity index is 616. The van der Waals surface area contributed by atoms with E-state index in [4.69, 9.17) is 5.73 Å². The topological polar surface area (TPSA) is 46.3 Å². The SMILES string of the molecule is Cc1ccc(-c2ccc(CN(C(=O)CCN)C(C)C)s2)cc1. The highest BCUT2D eigenvalue weighted by molar-refractivity contribution is 7.15. The summed E-state index contributed by atoms with van der Waals surface area (Å²) in [5, 5.41) is 0. The highest BCUT2D eigenvalue weighted by atomic mass is 32.1. The number of nitrogens with zero attached hydrogens (tertiary/aromatic N) is 1. The molecule has 0 aliphatic rings. The van der Waals surface area contributed by atoms with E-state index in [1.807, 2.05) is 18.7 Å². The molecule has 0 radical (unpaired) electrons. The molecule has 0 fully saturated rings. The Morgan fingerprint density at radius 2 is 1.86 bits per heavy atom. The van der Waals surface area contributed by atoms with E-state index in [9.17, 15) is 4.79 Å². The summed E-state index contributed by atoms with van der Waals surface area (Å²) in [4.78, 5) is 16.5. The lowest BCUT2D eigenvalue weighted by molar-refractivity contribution is -0.133. The quantitative estimate of drug-likeness (QED) is 0.881. The van der Waals surface area contributed by atoms with Crippen molar-refractivity contribution < 1.29 is 4.79 Å². The van der Waals surface area contributed by atoms with Crippen LogP contribution in [0.4, 0.5) is 0 Å². The number of carbonyl (C=O) groups is 1. The number of benzene rings is 1. The lowest BCUT2D eigenvalue weighted by atomic mass is 10.1. The molecule has 2 aromatic rings. The molecule has 0 saturated heterocycles. The molecule has 0 atom stereocenters. The summed E-state index contributed by atoms with van der Waals surface area (Å²) in [7, 11) is 0. The van der Waals surface area contributed by atoms with Gasteiger partial charge >= 0.3 is 0 Å². The fourth-order valence-electron chi connectivity index (χ4n) is 2.33. The molecule has 4 heteroatoms. The molecule has 22 heavy (non-hydrogen) atoms. The Kier molecular flexibility index (Phi) is 5.75. The van der Waals surface area contributed by atoms with E-state index in [2.05, 4.69) is 43.3 Å². The number of thiophene rings is 1. The van der Waals surface area contributed by atoms with Gasteiger partial charge in [0.05, 0.1) is 6.54 Å². The summed E-state index contributed by atoms with van der Waals surface area (Å²) >= 11 is 1.75. The molecule has 1 amide bonds. The Hall–Kier alpha value is -1.65. The average molecular weight is 316 g/mol. The second-order valence-electron chi connectivity index (χ2n) is 5.79. The minimum Gasteiger partial charge on any atom is -0.335 e. The molecule has 0 spiro atoms.